The SMILES string of the molecule is CON(C)C(=O)C(O)C(F)(F)F. The number of likely N-dealkylation sites (N-methyl/N-ethyl adjacent to an activating group) is 1. The van der Waals surface area contributed by atoms with Crippen molar-refractivity contribution in [3.05, 3.63) is 0 Å². The summed E-state index contributed by atoms with van der Waals surface area (Å²) in [6.45, 7) is 0. The van der Waals surface area contributed by atoms with Crippen LogP contribution in [0.2, 0.25) is 0 Å². The number of amides is 1. The molecule has 7 heteroatoms. The van der Waals surface area contributed by atoms with Crippen molar-refractivity contribution < 1.29 is 27.9 Å². The number of hydrogen-bond acceptors (Lipinski definition) is 3. The minimum Gasteiger partial charge on any atom is -0.376 e. The van der Waals surface area contributed by atoms with Gasteiger partial charge in [-0.05, 0) is 0 Å². The first-order valence-electron chi connectivity index (χ1n) is 2.87. The first-order chi connectivity index (χ1) is 5.30. The second kappa shape index (κ2) is 3.72. The lowest BCUT2D eigenvalue weighted by molar-refractivity contribution is -0.227. The quantitative estimate of drug-likeness (QED) is 0.615. The molecule has 0 rings (SSSR count). The molecule has 0 bridgehead atoms. The van der Waals surface area contributed by atoms with Gasteiger partial charge in [-0.1, -0.05) is 0 Å². The highest BCUT2D eigenvalue weighted by atomic mass is 19.4. The molecule has 0 fully saturated rings. The Morgan fingerprint density at radius 2 is 2.00 bits per heavy atom. The van der Waals surface area contributed by atoms with Crippen molar-refractivity contribution in [2.45, 2.75) is 12.3 Å². The van der Waals surface area contributed by atoms with Gasteiger partial charge < -0.3 is 5.11 Å². The summed E-state index contributed by atoms with van der Waals surface area (Å²) in [5.74, 6) is -1.55. The molecular weight excluding hydrogens is 179 g/mol. The molecule has 0 saturated heterocycles. The molecule has 1 unspecified atom stereocenters. The van der Waals surface area contributed by atoms with Crippen LogP contribution in [-0.4, -0.2) is 42.5 Å². The van der Waals surface area contributed by atoms with Crippen LogP contribution in [0.1, 0.15) is 0 Å². The fourth-order valence-electron chi connectivity index (χ4n) is 0.402. The molecule has 0 aliphatic carbocycles. The molecular formula is C5H8F3NO3. The zero-order valence-electron chi connectivity index (χ0n) is 6.42. The number of hydroxylamine groups is 2. The molecule has 4 nitrogen and oxygen atoms in total. The van der Waals surface area contributed by atoms with E-state index in [1.807, 2.05) is 0 Å². The van der Waals surface area contributed by atoms with Crippen molar-refractivity contribution in [2.24, 2.45) is 0 Å². The summed E-state index contributed by atoms with van der Waals surface area (Å²) in [4.78, 5) is 14.7. The molecule has 1 atom stereocenters. The first kappa shape index (κ1) is 11.2. The van der Waals surface area contributed by atoms with Crippen LogP contribution in [0, 0.1) is 0 Å². The highest BCUT2D eigenvalue weighted by molar-refractivity contribution is 5.80. The number of alkyl halides is 3. The highest BCUT2D eigenvalue weighted by Crippen LogP contribution is 2.21. The number of nitrogens with zero attached hydrogens (tertiary/aromatic N) is 1. The van der Waals surface area contributed by atoms with E-state index in [4.69, 9.17) is 5.11 Å². The minimum atomic E-state index is -4.95. The van der Waals surface area contributed by atoms with Gasteiger partial charge >= 0.3 is 6.18 Å². The second-order valence-electron chi connectivity index (χ2n) is 1.96. The Labute approximate surface area is 66.5 Å². The standard InChI is InChI=1S/C5H8F3NO3/c1-9(12-2)4(11)3(10)5(6,7)8/h3,10H,1-2H3. The molecule has 0 aromatic heterocycles. The normalized spacial score (nSPS) is 14.2. The Kier molecular flexibility index (Phi) is 3.47. The summed E-state index contributed by atoms with van der Waals surface area (Å²) in [5.41, 5.74) is 0. The number of hydrogen-bond donors (Lipinski definition) is 1. The van der Waals surface area contributed by atoms with Gasteiger partial charge in [0.1, 0.15) is 0 Å². The maximum atomic E-state index is 11.6. The average Bonchev–Trinajstić information content (AvgIpc) is 1.98. The van der Waals surface area contributed by atoms with E-state index in [9.17, 15) is 18.0 Å². The second-order valence-corrected chi connectivity index (χ2v) is 1.96. The zero-order chi connectivity index (χ0) is 9.94. The van der Waals surface area contributed by atoms with E-state index in [1.54, 1.807) is 0 Å². The Balaban J connectivity index is 4.30. The smallest absolute Gasteiger partial charge is 0.376 e. The van der Waals surface area contributed by atoms with Crippen molar-refractivity contribution in [2.75, 3.05) is 14.2 Å². The van der Waals surface area contributed by atoms with Crippen molar-refractivity contribution >= 4 is 5.91 Å². The van der Waals surface area contributed by atoms with E-state index in [1.165, 1.54) is 0 Å². The molecule has 0 heterocycles. The molecule has 0 aromatic rings. The molecule has 0 aliphatic heterocycles. The fraction of sp³-hybridized carbons (Fsp3) is 0.800. The largest absolute Gasteiger partial charge is 0.423 e. The Hall–Kier alpha value is -0.820. The predicted molar refractivity (Wildman–Crippen MR) is 31.8 cm³/mol. The molecule has 0 saturated carbocycles. The van der Waals surface area contributed by atoms with Crippen LogP contribution in [0.3, 0.4) is 0 Å². The van der Waals surface area contributed by atoms with Crippen molar-refractivity contribution in [3.63, 3.8) is 0 Å². The molecule has 12 heavy (non-hydrogen) atoms. The van der Waals surface area contributed by atoms with Crippen LogP contribution in [0.5, 0.6) is 0 Å². The van der Waals surface area contributed by atoms with Crippen molar-refractivity contribution in [1.29, 1.82) is 0 Å². The van der Waals surface area contributed by atoms with Crippen LogP contribution in [-0.2, 0) is 9.63 Å². The van der Waals surface area contributed by atoms with Crippen molar-refractivity contribution in [1.82, 2.24) is 5.06 Å². The monoisotopic (exact) mass is 187 g/mol. The van der Waals surface area contributed by atoms with Crippen LogP contribution in [0.25, 0.3) is 0 Å². The number of rotatable bonds is 2. The van der Waals surface area contributed by atoms with Gasteiger partial charge in [0.05, 0.1) is 7.11 Å². The summed E-state index contributed by atoms with van der Waals surface area (Å²) < 4.78 is 34.9. The van der Waals surface area contributed by atoms with E-state index in [-0.39, 0.29) is 0 Å². The van der Waals surface area contributed by atoms with Crippen LogP contribution < -0.4 is 0 Å². The number of carbonyl (C=O) groups excluding carboxylic acids is 1. The predicted octanol–water partition coefficient (Wildman–Crippen LogP) is -0.0706. The zero-order valence-corrected chi connectivity index (χ0v) is 6.42. The van der Waals surface area contributed by atoms with Crippen molar-refractivity contribution in [3.8, 4) is 0 Å². The summed E-state index contributed by atoms with van der Waals surface area (Å²) >= 11 is 0. The molecule has 72 valence electrons. The van der Waals surface area contributed by atoms with E-state index < -0.39 is 18.2 Å². The number of aliphatic hydroxyl groups excluding tert-OH is 1. The lowest BCUT2D eigenvalue weighted by Crippen LogP contribution is -2.44. The Bertz CT molecular complexity index is 170. The summed E-state index contributed by atoms with van der Waals surface area (Å²) in [5, 5.41) is 8.66. The van der Waals surface area contributed by atoms with E-state index >= 15 is 0 Å². The summed E-state index contributed by atoms with van der Waals surface area (Å²) in [6, 6.07) is 0. The number of halogens is 3. The molecule has 1 amide bonds. The lowest BCUT2D eigenvalue weighted by atomic mass is 10.3. The fourth-order valence-corrected chi connectivity index (χ4v) is 0.402. The third-order valence-electron chi connectivity index (χ3n) is 1.13. The Morgan fingerprint density at radius 3 is 2.25 bits per heavy atom. The van der Waals surface area contributed by atoms with Gasteiger partial charge in [-0.25, -0.2) is 5.06 Å². The maximum absolute atomic E-state index is 11.6. The minimum absolute atomic E-state index is 0.304. The molecule has 1 N–H and O–H groups in total. The van der Waals surface area contributed by atoms with Crippen LogP contribution >= 0.6 is 0 Å². The highest BCUT2D eigenvalue weighted by Gasteiger charge is 2.45. The third kappa shape index (κ3) is 2.67. The maximum Gasteiger partial charge on any atom is 0.423 e. The van der Waals surface area contributed by atoms with Gasteiger partial charge in [-0.3, -0.25) is 9.63 Å². The third-order valence-corrected chi connectivity index (χ3v) is 1.13. The van der Waals surface area contributed by atoms with Gasteiger partial charge in [-0.2, -0.15) is 13.2 Å². The molecule has 0 spiro atoms. The van der Waals surface area contributed by atoms with Gasteiger partial charge in [0.2, 0.25) is 6.10 Å². The van der Waals surface area contributed by atoms with Crippen LogP contribution in [0.4, 0.5) is 13.2 Å². The average molecular weight is 187 g/mol. The summed E-state index contributed by atoms with van der Waals surface area (Å²) in [7, 11) is 1.98. The van der Waals surface area contributed by atoms with Gasteiger partial charge in [0.15, 0.2) is 0 Å². The Morgan fingerprint density at radius 1 is 1.58 bits per heavy atom. The molecule has 0 aromatic carbocycles. The van der Waals surface area contributed by atoms with E-state index in [0.29, 0.717) is 5.06 Å². The lowest BCUT2D eigenvalue weighted by Gasteiger charge is -2.19. The number of aliphatic hydroxyl groups is 1. The van der Waals surface area contributed by atoms with E-state index in [2.05, 4.69) is 4.84 Å². The molecule has 0 aliphatic rings. The van der Waals surface area contributed by atoms with Gasteiger partial charge in [0, 0.05) is 7.05 Å². The topological polar surface area (TPSA) is 49.8 Å². The first-order valence-corrected chi connectivity index (χ1v) is 2.87. The molecule has 0 radical (unpaired) electrons. The van der Waals surface area contributed by atoms with E-state index in [0.717, 1.165) is 14.2 Å². The van der Waals surface area contributed by atoms with Gasteiger partial charge in [-0.15, -0.1) is 0 Å². The summed E-state index contributed by atoms with van der Waals surface area (Å²) in [6.07, 6.45) is -7.98. The van der Waals surface area contributed by atoms with Gasteiger partial charge in [0.25, 0.3) is 5.91 Å². The number of carbonyl (C=O) groups is 1. The van der Waals surface area contributed by atoms with Crippen LogP contribution in [0.15, 0.2) is 0 Å².